The van der Waals surface area contributed by atoms with Crippen LogP contribution in [0.4, 0.5) is 11.4 Å². The number of carbonyl (C=O) groups excluding carboxylic acids is 1. The largest absolute Gasteiger partial charge is 0.380 e. The third kappa shape index (κ3) is 3.89. The quantitative estimate of drug-likeness (QED) is 0.903. The monoisotopic (exact) mass is 344 g/mol. The lowest BCUT2D eigenvalue weighted by Crippen LogP contribution is -2.39. The van der Waals surface area contributed by atoms with Crippen molar-refractivity contribution in [3.63, 3.8) is 0 Å². The van der Waals surface area contributed by atoms with Gasteiger partial charge in [0.2, 0.25) is 0 Å². The van der Waals surface area contributed by atoms with Gasteiger partial charge in [-0.15, -0.1) is 0 Å². The van der Waals surface area contributed by atoms with Crippen LogP contribution in [0, 0.1) is 0 Å². The van der Waals surface area contributed by atoms with Crippen LogP contribution in [0.25, 0.3) is 0 Å². The summed E-state index contributed by atoms with van der Waals surface area (Å²) < 4.78 is 5.47. The molecule has 5 heteroatoms. The second kappa shape index (κ2) is 7.69. The zero-order valence-electron chi connectivity index (χ0n) is 13.7. The topological polar surface area (TPSA) is 41.6 Å². The van der Waals surface area contributed by atoms with Crippen molar-refractivity contribution < 1.29 is 9.53 Å². The van der Waals surface area contributed by atoms with Crippen LogP contribution in [0.2, 0.25) is 5.02 Å². The SMILES string of the molecule is CO[C@@H]1CCCN(c2ccc(NC(=O)c3ccccc3Cl)cc2)C1. The van der Waals surface area contributed by atoms with Gasteiger partial charge in [-0.05, 0) is 49.2 Å². The van der Waals surface area contributed by atoms with Crippen LogP contribution in [-0.2, 0) is 4.74 Å². The van der Waals surface area contributed by atoms with Crippen molar-refractivity contribution in [1.82, 2.24) is 0 Å². The molecule has 2 aromatic carbocycles. The molecule has 3 rings (SSSR count). The Morgan fingerprint density at radius 2 is 1.96 bits per heavy atom. The maximum Gasteiger partial charge on any atom is 0.257 e. The van der Waals surface area contributed by atoms with Gasteiger partial charge in [0.15, 0.2) is 0 Å². The third-order valence-electron chi connectivity index (χ3n) is 4.32. The molecule has 0 spiro atoms. The number of ether oxygens (including phenoxy) is 1. The summed E-state index contributed by atoms with van der Waals surface area (Å²) in [6, 6.07) is 14.9. The first-order chi connectivity index (χ1) is 11.7. The lowest BCUT2D eigenvalue weighted by atomic mass is 10.1. The summed E-state index contributed by atoms with van der Waals surface area (Å²) in [6.45, 7) is 1.94. The van der Waals surface area contributed by atoms with E-state index >= 15 is 0 Å². The molecule has 0 bridgehead atoms. The molecule has 4 nitrogen and oxygen atoms in total. The predicted molar refractivity (Wildman–Crippen MR) is 98.1 cm³/mol. The second-order valence-corrected chi connectivity index (χ2v) is 6.33. The highest BCUT2D eigenvalue weighted by Crippen LogP contribution is 2.23. The Balaban J connectivity index is 1.66. The number of halogens is 1. The number of piperidine rings is 1. The van der Waals surface area contributed by atoms with Crippen LogP contribution >= 0.6 is 11.6 Å². The fraction of sp³-hybridized carbons (Fsp3) is 0.316. The van der Waals surface area contributed by atoms with Crippen molar-refractivity contribution in [2.75, 3.05) is 30.4 Å². The Kier molecular flexibility index (Phi) is 5.38. The van der Waals surface area contributed by atoms with E-state index < -0.39 is 0 Å². The fourth-order valence-electron chi connectivity index (χ4n) is 2.96. The molecule has 1 fully saturated rings. The minimum Gasteiger partial charge on any atom is -0.380 e. The van der Waals surface area contributed by atoms with Crippen molar-refractivity contribution in [3.05, 3.63) is 59.1 Å². The van der Waals surface area contributed by atoms with E-state index in [1.54, 1.807) is 31.4 Å². The zero-order valence-corrected chi connectivity index (χ0v) is 14.4. The molecule has 0 aromatic heterocycles. The summed E-state index contributed by atoms with van der Waals surface area (Å²) in [5, 5.41) is 3.33. The van der Waals surface area contributed by atoms with Gasteiger partial charge in [0.1, 0.15) is 0 Å². The number of hydrogen-bond acceptors (Lipinski definition) is 3. The van der Waals surface area contributed by atoms with Crippen molar-refractivity contribution in [1.29, 1.82) is 0 Å². The summed E-state index contributed by atoms with van der Waals surface area (Å²) in [6.07, 6.45) is 2.53. The van der Waals surface area contributed by atoms with Gasteiger partial charge in [-0.3, -0.25) is 4.79 Å². The number of nitrogens with zero attached hydrogens (tertiary/aromatic N) is 1. The number of carbonyl (C=O) groups is 1. The molecular formula is C19H21ClN2O2. The number of anilines is 2. The van der Waals surface area contributed by atoms with E-state index in [1.165, 1.54) is 0 Å². The van der Waals surface area contributed by atoms with Gasteiger partial charge in [-0.25, -0.2) is 0 Å². The van der Waals surface area contributed by atoms with Crippen LogP contribution in [-0.4, -0.2) is 32.2 Å². The van der Waals surface area contributed by atoms with Gasteiger partial charge in [0.25, 0.3) is 5.91 Å². The summed E-state index contributed by atoms with van der Waals surface area (Å²) in [7, 11) is 1.77. The Morgan fingerprint density at radius 3 is 2.67 bits per heavy atom. The normalized spacial score (nSPS) is 17.6. The molecular weight excluding hydrogens is 324 g/mol. The number of rotatable bonds is 4. The standard InChI is InChI=1S/C19H21ClN2O2/c1-24-16-5-4-12-22(13-16)15-10-8-14(9-11-15)21-19(23)17-6-2-3-7-18(17)20/h2-3,6-11,16H,4-5,12-13H2,1H3,(H,21,23)/t16-/m1/s1. The number of nitrogens with one attached hydrogen (secondary N) is 1. The first-order valence-electron chi connectivity index (χ1n) is 8.11. The van der Waals surface area contributed by atoms with Gasteiger partial charge in [-0.2, -0.15) is 0 Å². The van der Waals surface area contributed by atoms with Gasteiger partial charge < -0.3 is 15.0 Å². The molecule has 24 heavy (non-hydrogen) atoms. The molecule has 0 unspecified atom stereocenters. The first kappa shape index (κ1) is 16.8. The molecule has 1 aliphatic heterocycles. The number of benzene rings is 2. The van der Waals surface area contributed by atoms with Gasteiger partial charge in [0, 0.05) is 31.6 Å². The average Bonchev–Trinajstić information content (AvgIpc) is 2.62. The van der Waals surface area contributed by atoms with E-state index in [4.69, 9.17) is 16.3 Å². The second-order valence-electron chi connectivity index (χ2n) is 5.93. The van der Waals surface area contributed by atoms with Crippen LogP contribution < -0.4 is 10.2 Å². The molecule has 1 atom stereocenters. The van der Waals surface area contributed by atoms with Crippen molar-refractivity contribution in [2.24, 2.45) is 0 Å². The fourth-order valence-corrected chi connectivity index (χ4v) is 3.19. The molecule has 1 N–H and O–H groups in total. The summed E-state index contributed by atoms with van der Waals surface area (Å²) in [5.41, 5.74) is 2.37. The highest BCUT2D eigenvalue weighted by atomic mass is 35.5. The van der Waals surface area contributed by atoms with Gasteiger partial charge in [-0.1, -0.05) is 23.7 Å². The summed E-state index contributed by atoms with van der Waals surface area (Å²) in [4.78, 5) is 14.6. The Bertz CT molecular complexity index is 703. The minimum absolute atomic E-state index is 0.203. The molecule has 0 aliphatic carbocycles. The van der Waals surface area contributed by atoms with Crippen molar-refractivity contribution in [3.8, 4) is 0 Å². The average molecular weight is 345 g/mol. The summed E-state index contributed by atoms with van der Waals surface area (Å²) >= 11 is 6.06. The zero-order chi connectivity index (χ0) is 16.9. The third-order valence-corrected chi connectivity index (χ3v) is 4.65. The molecule has 1 amide bonds. The highest BCUT2D eigenvalue weighted by Gasteiger charge is 2.19. The van der Waals surface area contributed by atoms with Crippen LogP contribution in [0.5, 0.6) is 0 Å². The van der Waals surface area contributed by atoms with Crippen molar-refractivity contribution >= 4 is 28.9 Å². The predicted octanol–water partition coefficient (Wildman–Crippen LogP) is 4.21. The number of hydrogen-bond donors (Lipinski definition) is 1. The Morgan fingerprint density at radius 1 is 1.21 bits per heavy atom. The lowest BCUT2D eigenvalue weighted by molar-refractivity contribution is 0.0893. The van der Waals surface area contributed by atoms with E-state index in [0.717, 1.165) is 37.3 Å². The summed E-state index contributed by atoms with van der Waals surface area (Å²) in [5.74, 6) is -0.203. The van der Waals surface area contributed by atoms with E-state index in [0.29, 0.717) is 16.7 Å². The van der Waals surface area contributed by atoms with Crippen LogP contribution in [0.1, 0.15) is 23.2 Å². The molecule has 1 aliphatic rings. The van der Waals surface area contributed by atoms with Crippen molar-refractivity contribution in [2.45, 2.75) is 18.9 Å². The molecule has 126 valence electrons. The maximum atomic E-state index is 12.3. The Labute approximate surface area is 147 Å². The van der Waals surface area contributed by atoms with Crippen LogP contribution in [0.15, 0.2) is 48.5 Å². The van der Waals surface area contributed by atoms with E-state index in [9.17, 15) is 4.79 Å². The number of amides is 1. The Hall–Kier alpha value is -2.04. The molecule has 0 radical (unpaired) electrons. The smallest absolute Gasteiger partial charge is 0.257 e. The van der Waals surface area contributed by atoms with E-state index in [2.05, 4.69) is 10.2 Å². The van der Waals surface area contributed by atoms with E-state index in [1.807, 2.05) is 24.3 Å². The van der Waals surface area contributed by atoms with E-state index in [-0.39, 0.29) is 5.91 Å². The minimum atomic E-state index is -0.203. The molecule has 0 saturated carbocycles. The van der Waals surface area contributed by atoms with Gasteiger partial charge in [0.05, 0.1) is 16.7 Å². The highest BCUT2D eigenvalue weighted by molar-refractivity contribution is 6.34. The molecule has 1 saturated heterocycles. The number of methoxy groups -OCH3 is 1. The molecule has 2 aromatic rings. The van der Waals surface area contributed by atoms with Gasteiger partial charge >= 0.3 is 0 Å². The van der Waals surface area contributed by atoms with Crippen LogP contribution in [0.3, 0.4) is 0 Å². The maximum absolute atomic E-state index is 12.3. The first-order valence-corrected chi connectivity index (χ1v) is 8.49. The molecule has 1 heterocycles. The lowest BCUT2D eigenvalue weighted by Gasteiger charge is -2.33.